The maximum absolute atomic E-state index is 11.7. The number of hydrogen-bond acceptors (Lipinski definition) is 8. The van der Waals surface area contributed by atoms with Gasteiger partial charge in [-0.05, 0) is 80.0 Å². The number of carbonyl (C=O) groups is 1. The van der Waals surface area contributed by atoms with Gasteiger partial charge in [0.1, 0.15) is 0 Å². The summed E-state index contributed by atoms with van der Waals surface area (Å²) in [4.78, 5) is 28.1. The maximum atomic E-state index is 11.7. The molecule has 2 heterocycles. The molecule has 0 spiro atoms. The van der Waals surface area contributed by atoms with Gasteiger partial charge in [0.2, 0.25) is 23.8 Å². The van der Waals surface area contributed by atoms with E-state index in [4.69, 9.17) is 15.7 Å². The molecule has 0 unspecified atom stereocenters. The second-order valence-corrected chi connectivity index (χ2v) is 11.2. The van der Waals surface area contributed by atoms with Crippen LogP contribution in [0.1, 0.15) is 55.5 Å². The Labute approximate surface area is 207 Å². The van der Waals surface area contributed by atoms with Crippen LogP contribution in [0, 0.1) is 30.1 Å². The summed E-state index contributed by atoms with van der Waals surface area (Å²) in [6.45, 7) is 9.65. The van der Waals surface area contributed by atoms with E-state index >= 15 is 0 Å². The lowest BCUT2D eigenvalue weighted by atomic mass is 9.45. The van der Waals surface area contributed by atoms with Crippen molar-refractivity contribution in [3.63, 3.8) is 0 Å². The van der Waals surface area contributed by atoms with Crippen LogP contribution >= 0.6 is 0 Å². The van der Waals surface area contributed by atoms with E-state index in [1.807, 2.05) is 13.0 Å². The number of rotatable bonds is 8. The van der Waals surface area contributed by atoms with Crippen LogP contribution in [-0.4, -0.2) is 53.6 Å². The van der Waals surface area contributed by atoms with Crippen LogP contribution in [-0.2, 0) is 0 Å². The largest absolute Gasteiger partial charge is 0.366 e. The summed E-state index contributed by atoms with van der Waals surface area (Å²) in [5.74, 6) is 3.51. The molecule has 1 aromatic carbocycles. The first-order valence-corrected chi connectivity index (χ1v) is 12.8. The third-order valence-electron chi connectivity index (χ3n) is 8.64. The molecule has 2 bridgehead atoms. The highest BCUT2D eigenvalue weighted by Crippen LogP contribution is 2.61. The van der Waals surface area contributed by atoms with Gasteiger partial charge in [-0.15, -0.1) is 0 Å². The van der Waals surface area contributed by atoms with Crippen LogP contribution in [0.3, 0.4) is 0 Å². The number of nitrogens with two attached hydrogens (primary N) is 1. The molecule has 4 fully saturated rings. The fourth-order valence-corrected chi connectivity index (χ4v) is 6.26. The predicted molar refractivity (Wildman–Crippen MR) is 139 cm³/mol. The van der Waals surface area contributed by atoms with Crippen molar-refractivity contribution in [1.29, 1.82) is 0 Å². The van der Waals surface area contributed by atoms with Gasteiger partial charge in [-0.3, -0.25) is 4.79 Å². The van der Waals surface area contributed by atoms with Gasteiger partial charge in [0.25, 0.3) is 0 Å². The van der Waals surface area contributed by atoms with E-state index < -0.39 is 5.91 Å². The lowest BCUT2D eigenvalue weighted by Gasteiger charge is -2.60. The van der Waals surface area contributed by atoms with Crippen LogP contribution in [0.4, 0.5) is 23.5 Å². The molecule has 4 atom stereocenters. The summed E-state index contributed by atoms with van der Waals surface area (Å²) in [5.41, 5.74) is 8.12. The zero-order chi connectivity index (χ0) is 24.7. The van der Waals surface area contributed by atoms with E-state index in [1.165, 1.54) is 19.3 Å². The van der Waals surface area contributed by atoms with Gasteiger partial charge in [-0.2, -0.15) is 15.0 Å². The summed E-state index contributed by atoms with van der Waals surface area (Å²) in [6, 6.07) is 5.63. The highest BCUT2D eigenvalue weighted by Gasteiger charge is 2.54. The van der Waals surface area contributed by atoms with Crippen LogP contribution in [0.25, 0.3) is 0 Å². The van der Waals surface area contributed by atoms with E-state index in [-0.39, 0.29) is 6.04 Å². The number of benzene rings is 1. The Hall–Kier alpha value is -2.94. The van der Waals surface area contributed by atoms with Gasteiger partial charge in [0.15, 0.2) is 0 Å². The number of carbonyl (C=O) groups excluding carboxylic acids is 1. The zero-order valence-corrected chi connectivity index (χ0v) is 21.3. The first kappa shape index (κ1) is 23.8. The topological polar surface area (TPSA) is 121 Å². The Morgan fingerprint density at radius 2 is 2.00 bits per heavy atom. The normalized spacial score (nSPS) is 26.6. The van der Waals surface area contributed by atoms with Gasteiger partial charge in [0, 0.05) is 37.4 Å². The van der Waals surface area contributed by atoms with Crippen molar-refractivity contribution in [2.24, 2.45) is 28.9 Å². The Kier molecular flexibility index (Phi) is 6.29. The summed E-state index contributed by atoms with van der Waals surface area (Å²) in [5, 5.41) is 10.2. The van der Waals surface area contributed by atoms with Crippen molar-refractivity contribution in [3.05, 3.63) is 29.3 Å². The number of nitrogens with zero attached hydrogens (tertiary/aromatic N) is 4. The molecule has 1 saturated heterocycles. The SMILES string of the molecule is Cc1ccc(C(N)=O)cc1Nc1nc(N[C@H]2CCNC2)nc(N(C)C[C@@H]2CC[C@H]3C[C@@H]2C3(C)C)n1. The Morgan fingerprint density at radius 1 is 1.20 bits per heavy atom. The average Bonchev–Trinajstić information content (AvgIpc) is 3.33. The van der Waals surface area contributed by atoms with Crippen molar-refractivity contribution in [1.82, 2.24) is 20.3 Å². The van der Waals surface area contributed by atoms with E-state index in [0.29, 0.717) is 34.7 Å². The molecule has 1 aliphatic heterocycles. The monoisotopic (exact) mass is 478 g/mol. The lowest BCUT2D eigenvalue weighted by molar-refractivity contribution is -0.102. The molecule has 3 aliphatic carbocycles. The first-order chi connectivity index (χ1) is 16.7. The smallest absolute Gasteiger partial charge is 0.248 e. The van der Waals surface area contributed by atoms with Crippen LogP contribution in [0.5, 0.6) is 0 Å². The summed E-state index contributed by atoms with van der Waals surface area (Å²) in [7, 11) is 2.08. The fraction of sp³-hybridized carbons (Fsp3) is 0.615. The van der Waals surface area contributed by atoms with Gasteiger partial charge < -0.3 is 26.6 Å². The Bertz CT molecular complexity index is 1090. The first-order valence-electron chi connectivity index (χ1n) is 12.8. The lowest BCUT2D eigenvalue weighted by Crippen LogP contribution is -2.54. The molecular weight excluding hydrogens is 440 g/mol. The van der Waals surface area contributed by atoms with Gasteiger partial charge >= 0.3 is 0 Å². The average molecular weight is 479 g/mol. The molecule has 1 amide bonds. The van der Waals surface area contributed by atoms with Crippen molar-refractivity contribution >= 4 is 29.4 Å². The molecule has 1 aromatic heterocycles. The number of fused-ring (bicyclic) bond motifs is 2. The zero-order valence-electron chi connectivity index (χ0n) is 21.3. The Morgan fingerprint density at radius 3 is 2.69 bits per heavy atom. The molecule has 2 aromatic rings. The molecule has 35 heavy (non-hydrogen) atoms. The molecular formula is C26H38N8O. The maximum Gasteiger partial charge on any atom is 0.248 e. The highest BCUT2D eigenvalue weighted by molar-refractivity contribution is 5.94. The predicted octanol–water partition coefficient (Wildman–Crippen LogP) is 3.30. The minimum absolute atomic E-state index is 0.286. The third-order valence-corrected chi connectivity index (χ3v) is 8.64. The van der Waals surface area contributed by atoms with Crippen LogP contribution < -0.4 is 26.6 Å². The second kappa shape index (κ2) is 9.26. The third kappa shape index (κ3) is 4.78. The van der Waals surface area contributed by atoms with Crippen molar-refractivity contribution in [2.45, 2.75) is 52.5 Å². The van der Waals surface area contributed by atoms with Gasteiger partial charge in [-0.25, -0.2) is 0 Å². The molecule has 3 saturated carbocycles. The van der Waals surface area contributed by atoms with E-state index in [9.17, 15) is 4.79 Å². The number of aromatic nitrogens is 3. The van der Waals surface area contributed by atoms with Gasteiger partial charge in [0.05, 0.1) is 0 Å². The number of amides is 1. The van der Waals surface area contributed by atoms with E-state index in [0.717, 1.165) is 49.1 Å². The summed E-state index contributed by atoms with van der Waals surface area (Å²) < 4.78 is 0. The van der Waals surface area contributed by atoms with Crippen LogP contribution in [0.2, 0.25) is 0 Å². The number of anilines is 4. The Balaban J connectivity index is 1.40. The molecule has 0 radical (unpaired) electrons. The standard InChI is InChI=1S/C26H38N8O/c1-15-5-6-16(22(27)35)11-21(15)30-24-31-23(29-19-9-10-28-13-19)32-25(33-24)34(4)14-17-7-8-18-12-20(17)26(18,2)3/h5-6,11,17-20,28H,7-10,12-14H2,1-4H3,(H2,27,35)(H2,29,30,31,32,33)/t17-,18-,19-,20-/m0/s1. The minimum atomic E-state index is -0.464. The molecule has 5 N–H and O–H groups in total. The molecule has 188 valence electrons. The highest BCUT2D eigenvalue weighted by atomic mass is 16.1. The van der Waals surface area contributed by atoms with E-state index in [1.54, 1.807) is 12.1 Å². The fourth-order valence-electron chi connectivity index (χ4n) is 6.26. The number of aryl methyl sites for hydroxylation is 1. The van der Waals surface area contributed by atoms with E-state index in [2.05, 4.69) is 46.7 Å². The number of hydrogen-bond donors (Lipinski definition) is 4. The minimum Gasteiger partial charge on any atom is -0.366 e. The molecule has 6 rings (SSSR count). The second-order valence-electron chi connectivity index (χ2n) is 11.2. The number of nitrogens with one attached hydrogen (secondary N) is 3. The number of primary amides is 1. The summed E-state index contributed by atoms with van der Waals surface area (Å²) in [6.07, 6.45) is 4.98. The van der Waals surface area contributed by atoms with Gasteiger partial charge in [-0.1, -0.05) is 19.9 Å². The molecule has 9 heteroatoms. The van der Waals surface area contributed by atoms with Crippen molar-refractivity contribution < 1.29 is 4.79 Å². The molecule has 9 nitrogen and oxygen atoms in total. The van der Waals surface area contributed by atoms with Crippen molar-refractivity contribution in [3.8, 4) is 0 Å². The summed E-state index contributed by atoms with van der Waals surface area (Å²) >= 11 is 0. The van der Waals surface area contributed by atoms with Crippen LogP contribution in [0.15, 0.2) is 18.2 Å². The quantitative estimate of drug-likeness (QED) is 0.456. The van der Waals surface area contributed by atoms with Crippen molar-refractivity contribution in [2.75, 3.05) is 42.2 Å². The molecule has 4 aliphatic rings.